The van der Waals surface area contributed by atoms with Crippen LogP contribution in [-0.2, 0) is 17.8 Å². The van der Waals surface area contributed by atoms with Crippen molar-refractivity contribution in [2.75, 3.05) is 5.32 Å². The number of fused-ring (bicyclic) bond motifs is 1. The van der Waals surface area contributed by atoms with E-state index in [9.17, 15) is 4.79 Å². The Hall–Kier alpha value is -2.36. The molecule has 0 radical (unpaired) electrons. The summed E-state index contributed by atoms with van der Waals surface area (Å²) in [4.78, 5) is 17.2. The molecule has 2 aromatic rings. The maximum absolute atomic E-state index is 12.4. The predicted octanol–water partition coefficient (Wildman–Crippen LogP) is 3.79. The molecule has 0 fully saturated rings. The molecule has 0 saturated carbocycles. The molecule has 0 atom stereocenters. The molecule has 23 heavy (non-hydrogen) atoms. The highest BCUT2D eigenvalue weighted by atomic mass is 16.1. The minimum atomic E-state index is 0.0678. The molecule has 1 aliphatic carbocycles. The summed E-state index contributed by atoms with van der Waals surface area (Å²) in [6.45, 7) is 1.05. The van der Waals surface area contributed by atoms with Crippen molar-refractivity contribution in [3.63, 3.8) is 0 Å². The molecule has 0 saturated heterocycles. The van der Waals surface area contributed by atoms with Crippen molar-refractivity contribution in [2.24, 2.45) is 5.92 Å². The molecule has 1 aromatic heterocycles. The van der Waals surface area contributed by atoms with Crippen LogP contribution in [0, 0.1) is 5.92 Å². The number of hydrogen-bond acceptors (Lipinski definition) is 2. The highest BCUT2D eigenvalue weighted by Gasteiger charge is 2.21. The van der Waals surface area contributed by atoms with Gasteiger partial charge in [-0.3, -0.25) is 4.79 Å². The standard InChI is InChI=1S/C19H21N3O/c23-19(14-7-1-2-8-14)21-16-10-4-3-9-15(16)17-13-22-12-6-5-11-18(22)20-17/h1-4,9-10,13-14H,5-8,11-12H2,(H,21,23). The van der Waals surface area contributed by atoms with E-state index in [4.69, 9.17) is 4.98 Å². The van der Waals surface area contributed by atoms with Crippen LogP contribution in [0.4, 0.5) is 5.69 Å². The van der Waals surface area contributed by atoms with Crippen LogP contribution in [0.25, 0.3) is 11.3 Å². The maximum Gasteiger partial charge on any atom is 0.228 e. The normalized spacial score (nSPS) is 17.2. The lowest BCUT2D eigenvalue weighted by Gasteiger charge is -2.13. The maximum atomic E-state index is 12.4. The van der Waals surface area contributed by atoms with E-state index in [1.807, 2.05) is 24.3 Å². The zero-order valence-electron chi connectivity index (χ0n) is 13.2. The third-order valence-electron chi connectivity index (χ3n) is 4.75. The predicted molar refractivity (Wildman–Crippen MR) is 91.1 cm³/mol. The first-order valence-electron chi connectivity index (χ1n) is 8.42. The van der Waals surface area contributed by atoms with Crippen molar-refractivity contribution in [1.82, 2.24) is 9.55 Å². The van der Waals surface area contributed by atoms with Crippen molar-refractivity contribution in [3.05, 3.63) is 48.4 Å². The number of benzene rings is 1. The van der Waals surface area contributed by atoms with E-state index in [1.54, 1.807) is 0 Å². The Morgan fingerprint density at radius 2 is 2.00 bits per heavy atom. The van der Waals surface area contributed by atoms with Crippen LogP contribution in [0.3, 0.4) is 0 Å². The Morgan fingerprint density at radius 3 is 2.83 bits per heavy atom. The average Bonchev–Trinajstić information content (AvgIpc) is 3.25. The number of amides is 1. The van der Waals surface area contributed by atoms with Gasteiger partial charge in [-0.25, -0.2) is 4.98 Å². The second kappa shape index (κ2) is 6.03. The van der Waals surface area contributed by atoms with Crippen LogP contribution >= 0.6 is 0 Å². The lowest BCUT2D eigenvalue weighted by molar-refractivity contribution is -0.119. The van der Waals surface area contributed by atoms with E-state index in [-0.39, 0.29) is 11.8 Å². The van der Waals surface area contributed by atoms with Gasteiger partial charge in [0.1, 0.15) is 5.82 Å². The zero-order valence-corrected chi connectivity index (χ0v) is 13.2. The highest BCUT2D eigenvalue weighted by molar-refractivity contribution is 5.96. The highest BCUT2D eigenvalue weighted by Crippen LogP contribution is 2.30. The van der Waals surface area contributed by atoms with Gasteiger partial charge in [-0.1, -0.05) is 30.4 Å². The molecular formula is C19H21N3O. The lowest BCUT2D eigenvalue weighted by atomic mass is 10.1. The summed E-state index contributed by atoms with van der Waals surface area (Å²) in [7, 11) is 0. The Kier molecular flexibility index (Phi) is 3.74. The van der Waals surface area contributed by atoms with E-state index in [0.717, 1.165) is 48.6 Å². The van der Waals surface area contributed by atoms with Crippen molar-refractivity contribution in [2.45, 2.75) is 38.6 Å². The van der Waals surface area contributed by atoms with Crippen molar-refractivity contribution >= 4 is 11.6 Å². The van der Waals surface area contributed by atoms with Crippen LogP contribution in [-0.4, -0.2) is 15.5 Å². The van der Waals surface area contributed by atoms with Crippen molar-refractivity contribution < 1.29 is 4.79 Å². The SMILES string of the molecule is O=C(Nc1ccccc1-c1cn2c(n1)CCCC2)C1CC=CC1. The third-order valence-corrected chi connectivity index (χ3v) is 4.75. The molecule has 4 rings (SSSR count). The molecule has 1 amide bonds. The fourth-order valence-electron chi connectivity index (χ4n) is 3.42. The number of carbonyl (C=O) groups excluding carboxylic acids is 1. The lowest BCUT2D eigenvalue weighted by Crippen LogP contribution is -2.20. The summed E-state index contributed by atoms with van der Waals surface area (Å²) < 4.78 is 2.25. The number of carbonyl (C=O) groups is 1. The number of allylic oxidation sites excluding steroid dienone is 2. The Bertz CT molecular complexity index is 728. The van der Waals surface area contributed by atoms with E-state index < -0.39 is 0 Å². The third kappa shape index (κ3) is 2.81. The van der Waals surface area contributed by atoms with E-state index in [1.165, 1.54) is 12.8 Å². The number of nitrogens with one attached hydrogen (secondary N) is 1. The number of aryl methyl sites for hydroxylation is 2. The molecule has 118 valence electrons. The molecule has 0 bridgehead atoms. The summed E-state index contributed by atoms with van der Waals surface area (Å²) >= 11 is 0. The minimum absolute atomic E-state index is 0.0678. The van der Waals surface area contributed by atoms with Gasteiger partial charge in [-0.15, -0.1) is 0 Å². The fraction of sp³-hybridized carbons (Fsp3) is 0.368. The topological polar surface area (TPSA) is 46.9 Å². The van der Waals surface area contributed by atoms with Crippen LogP contribution in [0.2, 0.25) is 0 Å². The van der Waals surface area contributed by atoms with E-state index in [2.05, 4.69) is 28.2 Å². The second-order valence-electron chi connectivity index (χ2n) is 6.37. The van der Waals surface area contributed by atoms with Gasteiger partial charge >= 0.3 is 0 Å². The smallest absolute Gasteiger partial charge is 0.228 e. The average molecular weight is 307 g/mol. The molecule has 4 nitrogen and oxygen atoms in total. The zero-order chi connectivity index (χ0) is 15.6. The van der Waals surface area contributed by atoms with Gasteiger partial charge in [0.25, 0.3) is 0 Å². The van der Waals surface area contributed by atoms with Crippen LogP contribution < -0.4 is 5.32 Å². The number of imidazole rings is 1. The summed E-state index contributed by atoms with van der Waals surface area (Å²) in [6, 6.07) is 7.97. The second-order valence-corrected chi connectivity index (χ2v) is 6.37. The van der Waals surface area contributed by atoms with Gasteiger partial charge in [0.15, 0.2) is 0 Å². The van der Waals surface area contributed by atoms with Gasteiger partial charge in [-0.05, 0) is 31.7 Å². The van der Waals surface area contributed by atoms with Gasteiger partial charge in [0.05, 0.1) is 11.4 Å². The number of hydrogen-bond donors (Lipinski definition) is 1. The minimum Gasteiger partial charge on any atom is -0.334 e. The number of para-hydroxylation sites is 1. The molecule has 2 aliphatic rings. The molecule has 0 spiro atoms. The first-order valence-corrected chi connectivity index (χ1v) is 8.42. The van der Waals surface area contributed by atoms with E-state index >= 15 is 0 Å². The first-order chi connectivity index (χ1) is 11.3. The largest absolute Gasteiger partial charge is 0.334 e. The van der Waals surface area contributed by atoms with Gasteiger partial charge in [0.2, 0.25) is 5.91 Å². The van der Waals surface area contributed by atoms with E-state index in [0.29, 0.717) is 0 Å². The molecule has 4 heteroatoms. The van der Waals surface area contributed by atoms with Crippen molar-refractivity contribution in [1.29, 1.82) is 0 Å². The van der Waals surface area contributed by atoms with Gasteiger partial charge < -0.3 is 9.88 Å². The van der Waals surface area contributed by atoms with Crippen molar-refractivity contribution in [3.8, 4) is 11.3 Å². The number of rotatable bonds is 3. The number of aromatic nitrogens is 2. The first kappa shape index (κ1) is 14.2. The molecule has 1 aliphatic heterocycles. The number of nitrogens with zero attached hydrogens (tertiary/aromatic N) is 2. The molecule has 2 heterocycles. The monoisotopic (exact) mass is 307 g/mol. The number of anilines is 1. The summed E-state index contributed by atoms with van der Waals surface area (Å²) in [5.41, 5.74) is 2.83. The van der Waals surface area contributed by atoms with Crippen LogP contribution in [0.15, 0.2) is 42.6 Å². The molecular weight excluding hydrogens is 286 g/mol. The molecule has 1 aromatic carbocycles. The van der Waals surface area contributed by atoms with Gasteiger partial charge in [-0.2, -0.15) is 0 Å². The molecule has 1 N–H and O–H groups in total. The Morgan fingerprint density at radius 1 is 1.17 bits per heavy atom. The van der Waals surface area contributed by atoms with Crippen LogP contribution in [0.5, 0.6) is 0 Å². The summed E-state index contributed by atoms with van der Waals surface area (Å²) in [5, 5.41) is 3.10. The Labute approximate surface area is 136 Å². The molecule has 0 unspecified atom stereocenters. The van der Waals surface area contributed by atoms with Gasteiger partial charge in [0, 0.05) is 30.6 Å². The Balaban J connectivity index is 1.61. The summed E-state index contributed by atoms with van der Waals surface area (Å²) in [5.74, 6) is 1.33. The quantitative estimate of drug-likeness (QED) is 0.877. The summed E-state index contributed by atoms with van der Waals surface area (Å²) in [6.07, 6.45) is 11.4. The fourth-order valence-corrected chi connectivity index (χ4v) is 3.42. The van der Waals surface area contributed by atoms with Crippen LogP contribution in [0.1, 0.15) is 31.5 Å².